The molecule has 0 aliphatic heterocycles. The van der Waals surface area contributed by atoms with Crippen LogP contribution in [-0.4, -0.2) is 14.7 Å². The largest absolute Gasteiger partial charge is 0.388 e. The van der Waals surface area contributed by atoms with E-state index in [9.17, 15) is 5.11 Å². The van der Waals surface area contributed by atoms with Gasteiger partial charge in [-0.2, -0.15) is 0 Å². The van der Waals surface area contributed by atoms with E-state index in [-0.39, 0.29) is 0 Å². The van der Waals surface area contributed by atoms with Crippen LogP contribution in [0.25, 0.3) is 0 Å². The molecule has 1 N–H and O–H groups in total. The lowest BCUT2D eigenvalue weighted by Crippen LogP contribution is -2.09. The van der Waals surface area contributed by atoms with Gasteiger partial charge in [0, 0.05) is 29.8 Å². The van der Waals surface area contributed by atoms with Crippen LogP contribution in [0, 0.1) is 0 Å². The van der Waals surface area contributed by atoms with E-state index < -0.39 is 6.10 Å². The summed E-state index contributed by atoms with van der Waals surface area (Å²) in [6.45, 7) is 3.04. The molecule has 0 amide bonds. The fourth-order valence-corrected chi connectivity index (χ4v) is 2.50. The number of imidazole rings is 1. The first-order valence-electron chi connectivity index (χ1n) is 6.24. The lowest BCUT2D eigenvalue weighted by atomic mass is 10.1. The van der Waals surface area contributed by atoms with Gasteiger partial charge in [0.1, 0.15) is 5.82 Å². The van der Waals surface area contributed by atoms with Crippen molar-refractivity contribution in [3.8, 4) is 0 Å². The second kappa shape index (κ2) is 6.55. The number of aliphatic hydroxyl groups excluding tert-OH is 1. The number of nitrogens with zero attached hydrogens (tertiary/aromatic N) is 2. The highest BCUT2D eigenvalue weighted by Gasteiger charge is 2.13. The van der Waals surface area contributed by atoms with Gasteiger partial charge in [0.15, 0.2) is 0 Å². The predicted molar refractivity (Wildman–Crippen MR) is 80.3 cm³/mol. The molecule has 102 valence electrons. The molecule has 1 aromatic carbocycles. The minimum atomic E-state index is -0.577. The number of rotatable bonds is 5. The molecule has 0 bridgehead atoms. The number of aliphatic hydroxyl groups is 1. The topological polar surface area (TPSA) is 38.0 Å². The van der Waals surface area contributed by atoms with E-state index in [4.69, 9.17) is 11.6 Å². The Bertz CT molecular complexity index is 556. The standard InChI is InChI=1S/C14H16BrClN2O/c1-2-6-18-7-5-17-14(18)9-13(19)10-3-4-12(16)11(15)8-10/h3-5,7-8,13,19H,2,6,9H2,1H3. The van der Waals surface area contributed by atoms with Crippen LogP contribution >= 0.6 is 27.5 Å². The monoisotopic (exact) mass is 342 g/mol. The van der Waals surface area contributed by atoms with Gasteiger partial charge >= 0.3 is 0 Å². The van der Waals surface area contributed by atoms with Crippen LogP contribution in [0.4, 0.5) is 0 Å². The first-order valence-corrected chi connectivity index (χ1v) is 7.42. The minimum absolute atomic E-state index is 0.501. The summed E-state index contributed by atoms with van der Waals surface area (Å²) in [5, 5.41) is 10.9. The van der Waals surface area contributed by atoms with Crippen LogP contribution in [0.3, 0.4) is 0 Å². The maximum absolute atomic E-state index is 10.3. The molecule has 2 rings (SSSR count). The Labute approximate surface area is 126 Å². The molecule has 1 atom stereocenters. The summed E-state index contributed by atoms with van der Waals surface area (Å²) in [7, 11) is 0. The first-order chi connectivity index (χ1) is 9.11. The third kappa shape index (κ3) is 3.59. The fourth-order valence-electron chi connectivity index (χ4n) is 1.98. The van der Waals surface area contributed by atoms with Gasteiger partial charge in [0.25, 0.3) is 0 Å². The highest BCUT2D eigenvalue weighted by molar-refractivity contribution is 9.10. The number of benzene rings is 1. The van der Waals surface area contributed by atoms with Crippen molar-refractivity contribution in [1.82, 2.24) is 9.55 Å². The van der Waals surface area contributed by atoms with E-state index in [2.05, 4.69) is 32.4 Å². The number of hydrogen-bond acceptors (Lipinski definition) is 2. The SMILES string of the molecule is CCCn1ccnc1CC(O)c1ccc(Cl)c(Br)c1. The van der Waals surface area contributed by atoms with Gasteiger partial charge in [-0.25, -0.2) is 4.98 Å². The molecule has 0 radical (unpaired) electrons. The van der Waals surface area contributed by atoms with Crippen LogP contribution in [0.2, 0.25) is 5.02 Å². The summed E-state index contributed by atoms with van der Waals surface area (Å²) >= 11 is 9.32. The summed E-state index contributed by atoms with van der Waals surface area (Å²) in [6, 6.07) is 5.47. The molecule has 0 spiro atoms. The van der Waals surface area contributed by atoms with E-state index in [1.54, 1.807) is 12.3 Å². The molecule has 0 aliphatic carbocycles. The fraction of sp³-hybridized carbons (Fsp3) is 0.357. The van der Waals surface area contributed by atoms with Gasteiger partial charge in [-0.15, -0.1) is 0 Å². The van der Waals surface area contributed by atoms with Crippen LogP contribution in [0.5, 0.6) is 0 Å². The lowest BCUT2D eigenvalue weighted by molar-refractivity contribution is 0.174. The Kier molecular flexibility index (Phi) is 5.02. The summed E-state index contributed by atoms with van der Waals surface area (Å²) in [6.07, 6.45) is 4.69. The maximum Gasteiger partial charge on any atom is 0.111 e. The van der Waals surface area contributed by atoms with Gasteiger partial charge in [-0.1, -0.05) is 24.6 Å². The van der Waals surface area contributed by atoms with E-state index in [1.165, 1.54) is 0 Å². The van der Waals surface area contributed by atoms with Crippen molar-refractivity contribution in [3.05, 3.63) is 51.5 Å². The molecule has 0 saturated heterocycles. The van der Waals surface area contributed by atoms with Gasteiger partial charge in [0.2, 0.25) is 0 Å². The number of halogens is 2. The molecule has 0 aliphatic rings. The van der Waals surface area contributed by atoms with Crippen LogP contribution < -0.4 is 0 Å². The van der Waals surface area contributed by atoms with Gasteiger partial charge in [-0.05, 0) is 40.0 Å². The smallest absolute Gasteiger partial charge is 0.111 e. The summed E-state index contributed by atoms with van der Waals surface area (Å²) in [5.74, 6) is 0.903. The quantitative estimate of drug-likeness (QED) is 0.891. The normalized spacial score (nSPS) is 12.6. The molecule has 19 heavy (non-hydrogen) atoms. The molecule has 5 heteroatoms. The van der Waals surface area contributed by atoms with Crippen LogP contribution in [-0.2, 0) is 13.0 Å². The average Bonchev–Trinajstić information content (AvgIpc) is 2.80. The second-order valence-electron chi connectivity index (χ2n) is 4.43. The molecule has 1 unspecified atom stereocenters. The molecular weight excluding hydrogens is 328 g/mol. The molecule has 3 nitrogen and oxygen atoms in total. The van der Waals surface area contributed by atoms with E-state index in [1.807, 2.05) is 18.3 Å². The highest BCUT2D eigenvalue weighted by atomic mass is 79.9. The zero-order chi connectivity index (χ0) is 13.8. The summed E-state index contributed by atoms with van der Waals surface area (Å²) in [5.41, 5.74) is 0.835. The van der Waals surface area contributed by atoms with Crippen LogP contribution in [0.1, 0.15) is 30.8 Å². The Morgan fingerprint density at radius 1 is 1.47 bits per heavy atom. The van der Waals surface area contributed by atoms with Crippen molar-refractivity contribution in [2.45, 2.75) is 32.4 Å². The Hall–Kier alpha value is -0.840. The van der Waals surface area contributed by atoms with Crippen molar-refractivity contribution >= 4 is 27.5 Å². The zero-order valence-electron chi connectivity index (χ0n) is 10.7. The third-order valence-electron chi connectivity index (χ3n) is 2.97. The lowest BCUT2D eigenvalue weighted by Gasteiger charge is -2.13. The van der Waals surface area contributed by atoms with Crippen molar-refractivity contribution < 1.29 is 5.11 Å². The van der Waals surface area contributed by atoms with Gasteiger partial charge < -0.3 is 9.67 Å². The highest BCUT2D eigenvalue weighted by Crippen LogP contribution is 2.27. The van der Waals surface area contributed by atoms with Crippen molar-refractivity contribution in [3.63, 3.8) is 0 Å². The Balaban J connectivity index is 2.13. The van der Waals surface area contributed by atoms with Gasteiger partial charge in [0.05, 0.1) is 11.1 Å². The summed E-state index contributed by atoms with van der Waals surface area (Å²) < 4.78 is 2.87. The molecular formula is C14H16BrClN2O. The molecule has 0 fully saturated rings. The maximum atomic E-state index is 10.3. The second-order valence-corrected chi connectivity index (χ2v) is 5.69. The first kappa shape index (κ1) is 14.6. The number of aromatic nitrogens is 2. The average molecular weight is 344 g/mol. The van der Waals surface area contributed by atoms with E-state index in [0.717, 1.165) is 28.8 Å². The van der Waals surface area contributed by atoms with E-state index >= 15 is 0 Å². The van der Waals surface area contributed by atoms with Crippen molar-refractivity contribution in [1.29, 1.82) is 0 Å². The van der Waals surface area contributed by atoms with Crippen molar-refractivity contribution in [2.24, 2.45) is 0 Å². The Morgan fingerprint density at radius 3 is 2.95 bits per heavy atom. The Morgan fingerprint density at radius 2 is 2.26 bits per heavy atom. The third-order valence-corrected chi connectivity index (χ3v) is 4.18. The van der Waals surface area contributed by atoms with Crippen molar-refractivity contribution in [2.75, 3.05) is 0 Å². The minimum Gasteiger partial charge on any atom is -0.388 e. The number of aryl methyl sites for hydroxylation is 1. The number of hydrogen-bond donors (Lipinski definition) is 1. The molecule has 1 heterocycles. The summed E-state index contributed by atoms with van der Waals surface area (Å²) in [4.78, 5) is 4.31. The molecule has 0 saturated carbocycles. The molecule has 2 aromatic rings. The molecule has 1 aromatic heterocycles. The van der Waals surface area contributed by atoms with E-state index in [0.29, 0.717) is 11.4 Å². The predicted octanol–water partition coefficient (Wildman–Crippen LogP) is 3.99. The zero-order valence-corrected chi connectivity index (χ0v) is 13.0. The van der Waals surface area contributed by atoms with Gasteiger partial charge in [-0.3, -0.25) is 0 Å². The van der Waals surface area contributed by atoms with Crippen LogP contribution in [0.15, 0.2) is 35.1 Å².